The van der Waals surface area contributed by atoms with Crippen LogP contribution in [0.1, 0.15) is 48.7 Å². The van der Waals surface area contributed by atoms with E-state index in [4.69, 9.17) is 14.2 Å². The van der Waals surface area contributed by atoms with E-state index in [0.29, 0.717) is 17.1 Å². The molecule has 3 rings (SSSR count). The zero-order valence-electron chi connectivity index (χ0n) is 16.4. The maximum Gasteiger partial charge on any atom is 0.254 e. The SMILES string of the molecule is COc1ccc(C2CCCN2C(=O)c2ccc(OC(C)C)c(OC)c2)cc1. The maximum absolute atomic E-state index is 13.2. The van der Waals surface area contributed by atoms with Crippen molar-refractivity contribution in [1.29, 1.82) is 0 Å². The number of likely N-dealkylation sites (tertiary alicyclic amines) is 1. The van der Waals surface area contributed by atoms with E-state index in [2.05, 4.69) is 0 Å². The van der Waals surface area contributed by atoms with Gasteiger partial charge in [-0.1, -0.05) is 12.1 Å². The van der Waals surface area contributed by atoms with Crippen LogP contribution in [-0.4, -0.2) is 37.7 Å². The normalized spacial score (nSPS) is 16.5. The van der Waals surface area contributed by atoms with Crippen LogP contribution in [0, 0.1) is 0 Å². The van der Waals surface area contributed by atoms with E-state index in [1.165, 1.54) is 0 Å². The van der Waals surface area contributed by atoms with Gasteiger partial charge < -0.3 is 19.1 Å². The summed E-state index contributed by atoms with van der Waals surface area (Å²) in [6.07, 6.45) is 2.00. The molecule has 1 heterocycles. The molecular formula is C22H27NO4. The molecule has 0 aliphatic carbocycles. The molecule has 0 radical (unpaired) electrons. The van der Waals surface area contributed by atoms with Gasteiger partial charge in [0.2, 0.25) is 0 Å². The first kappa shape index (κ1) is 19.1. The van der Waals surface area contributed by atoms with Crippen molar-refractivity contribution in [2.24, 2.45) is 0 Å². The van der Waals surface area contributed by atoms with Crippen molar-refractivity contribution in [2.75, 3.05) is 20.8 Å². The van der Waals surface area contributed by atoms with Gasteiger partial charge in [-0.25, -0.2) is 0 Å². The second-order valence-corrected chi connectivity index (χ2v) is 6.96. The smallest absolute Gasteiger partial charge is 0.254 e. The molecule has 1 amide bonds. The van der Waals surface area contributed by atoms with Crippen LogP contribution in [-0.2, 0) is 0 Å². The molecule has 1 fully saturated rings. The molecule has 2 aromatic carbocycles. The van der Waals surface area contributed by atoms with Gasteiger partial charge in [-0.15, -0.1) is 0 Å². The van der Waals surface area contributed by atoms with E-state index >= 15 is 0 Å². The van der Waals surface area contributed by atoms with Crippen molar-refractivity contribution < 1.29 is 19.0 Å². The number of benzene rings is 2. The van der Waals surface area contributed by atoms with E-state index in [1.54, 1.807) is 20.3 Å². The highest BCUT2D eigenvalue weighted by molar-refractivity contribution is 5.95. The van der Waals surface area contributed by atoms with E-state index in [1.807, 2.05) is 55.1 Å². The van der Waals surface area contributed by atoms with Crippen molar-refractivity contribution in [3.8, 4) is 17.2 Å². The lowest BCUT2D eigenvalue weighted by Crippen LogP contribution is -2.30. The van der Waals surface area contributed by atoms with Crippen LogP contribution in [0.4, 0.5) is 0 Å². The fourth-order valence-electron chi connectivity index (χ4n) is 3.50. The summed E-state index contributed by atoms with van der Waals surface area (Å²) in [5.74, 6) is 2.06. The number of amides is 1. The molecular weight excluding hydrogens is 342 g/mol. The third kappa shape index (κ3) is 4.18. The quantitative estimate of drug-likeness (QED) is 0.754. The monoisotopic (exact) mass is 369 g/mol. The number of nitrogens with zero attached hydrogens (tertiary/aromatic N) is 1. The lowest BCUT2D eigenvalue weighted by atomic mass is 10.0. The summed E-state index contributed by atoms with van der Waals surface area (Å²) in [6.45, 7) is 4.67. The standard InChI is InChI=1S/C22H27NO4/c1-15(2)27-20-12-9-17(14-21(20)26-4)22(24)23-13-5-6-19(23)16-7-10-18(25-3)11-8-16/h7-12,14-15,19H,5-6,13H2,1-4H3. The van der Waals surface area contributed by atoms with Gasteiger partial charge in [0.15, 0.2) is 11.5 Å². The van der Waals surface area contributed by atoms with Gasteiger partial charge >= 0.3 is 0 Å². The number of hydrogen-bond acceptors (Lipinski definition) is 4. The first-order chi connectivity index (χ1) is 13.0. The van der Waals surface area contributed by atoms with Gasteiger partial charge in [0.1, 0.15) is 5.75 Å². The van der Waals surface area contributed by atoms with Gasteiger partial charge in [-0.2, -0.15) is 0 Å². The number of carbonyl (C=O) groups is 1. The number of carbonyl (C=O) groups excluding carboxylic acids is 1. The Morgan fingerprint density at radius 2 is 1.78 bits per heavy atom. The Labute approximate surface area is 160 Å². The molecule has 5 nitrogen and oxygen atoms in total. The predicted molar refractivity (Wildman–Crippen MR) is 105 cm³/mol. The maximum atomic E-state index is 13.2. The van der Waals surface area contributed by atoms with Crippen LogP contribution in [0.25, 0.3) is 0 Å². The largest absolute Gasteiger partial charge is 0.497 e. The van der Waals surface area contributed by atoms with Crippen LogP contribution in [0.3, 0.4) is 0 Å². The Morgan fingerprint density at radius 1 is 1.04 bits per heavy atom. The molecule has 0 spiro atoms. The molecule has 1 aliphatic rings. The second-order valence-electron chi connectivity index (χ2n) is 6.96. The Bertz CT molecular complexity index is 785. The molecule has 27 heavy (non-hydrogen) atoms. The van der Waals surface area contributed by atoms with Crippen molar-refractivity contribution in [2.45, 2.75) is 38.8 Å². The second kappa shape index (κ2) is 8.33. The topological polar surface area (TPSA) is 48.0 Å². The number of methoxy groups -OCH3 is 2. The summed E-state index contributed by atoms with van der Waals surface area (Å²) >= 11 is 0. The first-order valence-electron chi connectivity index (χ1n) is 9.33. The molecule has 144 valence electrons. The third-order valence-corrected chi connectivity index (χ3v) is 4.79. The molecule has 0 saturated carbocycles. The van der Waals surface area contributed by atoms with Gasteiger partial charge in [-0.05, 0) is 62.6 Å². The number of hydrogen-bond donors (Lipinski definition) is 0. The molecule has 0 N–H and O–H groups in total. The van der Waals surface area contributed by atoms with Crippen molar-refractivity contribution in [3.05, 3.63) is 53.6 Å². The van der Waals surface area contributed by atoms with Gasteiger partial charge in [0, 0.05) is 12.1 Å². The zero-order chi connectivity index (χ0) is 19.4. The van der Waals surface area contributed by atoms with Gasteiger partial charge in [-0.3, -0.25) is 4.79 Å². The first-order valence-corrected chi connectivity index (χ1v) is 9.33. The molecule has 0 aromatic heterocycles. The molecule has 1 atom stereocenters. The summed E-state index contributed by atoms with van der Waals surface area (Å²) in [7, 11) is 3.24. The summed E-state index contributed by atoms with van der Waals surface area (Å²) < 4.78 is 16.4. The Kier molecular flexibility index (Phi) is 5.89. The summed E-state index contributed by atoms with van der Waals surface area (Å²) in [6, 6.07) is 13.4. The predicted octanol–water partition coefficient (Wildman–Crippen LogP) is 4.47. The molecule has 5 heteroatoms. The third-order valence-electron chi connectivity index (χ3n) is 4.79. The minimum absolute atomic E-state index is 0.0164. The average Bonchev–Trinajstić information content (AvgIpc) is 3.17. The summed E-state index contributed by atoms with van der Waals surface area (Å²) in [5, 5.41) is 0. The molecule has 0 bridgehead atoms. The highest BCUT2D eigenvalue weighted by atomic mass is 16.5. The van der Waals surface area contributed by atoms with E-state index in [0.717, 1.165) is 30.7 Å². The molecule has 2 aromatic rings. The number of ether oxygens (including phenoxy) is 3. The minimum atomic E-state index is 0.0164. The fourth-order valence-corrected chi connectivity index (χ4v) is 3.50. The molecule has 1 saturated heterocycles. The summed E-state index contributed by atoms with van der Waals surface area (Å²) in [5.41, 5.74) is 1.75. The van der Waals surface area contributed by atoms with Crippen LogP contribution in [0.2, 0.25) is 0 Å². The number of rotatable bonds is 6. The molecule has 1 aliphatic heterocycles. The van der Waals surface area contributed by atoms with Gasteiger partial charge in [0.05, 0.1) is 26.4 Å². The molecule has 1 unspecified atom stereocenters. The Hall–Kier alpha value is -2.69. The van der Waals surface area contributed by atoms with Crippen molar-refractivity contribution in [1.82, 2.24) is 4.90 Å². The van der Waals surface area contributed by atoms with Crippen molar-refractivity contribution in [3.63, 3.8) is 0 Å². The van der Waals surface area contributed by atoms with E-state index < -0.39 is 0 Å². The lowest BCUT2D eigenvalue weighted by Gasteiger charge is -2.26. The zero-order valence-corrected chi connectivity index (χ0v) is 16.4. The van der Waals surface area contributed by atoms with Crippen LogP contribution >= 0.6 is 0 Å². The van der Waals surface area contributed by atoms with Crippen molar-refractivity contribution >= 4 is 5.91 Å². The van der Waals surface area contributed by atoms with E-state index in [9.17, 15) is 4.79 Å². The Morgan fingerprint density at radius 3 is 2.41 bits per heavy atom. The minimum Gasteiger partial charge on any atom is -0.497 e. The van der Waals surface area contributed by atoms with Crippen LogP contribution in [0.5, 0.6) is 17.2 Å². The average molecular weight is 369 g/mol. The van der Waals surface area contributed by atoms with Gasteiger partial charge in [0.25, 0.3) is 5.91 Å². The summed E-state index contributed by atoms with van der Waals surface area (Å²) in [4.78, 5) is 15.1. The van der Waals surface area contributed by atoms with Crippen LogP contribution in [0.15, 0.2) is 42.5 Å². The highest BCUT2D eigenvalue weighted by Gasteiger charge is 2.31. The Balaban J connectivity index is 1.83. The van der Waals surface area contributed by atoms with Crippen LogP contribution < -0.4 is 14.2 Å². The highest BCUT2D eigenvalue weighted by Crippen LogP contribution is 2.35. The van der Waals surface area contributed by atoms with E-state index in [-0.39, 0.29) is 18.1 Å². The lowest BCUT2D eigenvalue weighted by molar-refractivity contribution is 0.0735. The fraction of sp³-hybridized carbons (Fsp3) is 0.409.